The number of rotatable bonds is 6. The maximum Gasteiger partial charge on any atom is 0.162 e. The second-order valence-electron chi connectivity index (χ2n) is 5.21. The summed E-state index contributed by atoms with van der Waals surface area (Å²) >= 11 is 6.43. The van der Waals surface area contributed by atoms with E-state index in [4.69, 9.17) is 21.1 Å². The zero-order valence-corrected chi connectivity index (χ0v) is 13.1. The Morgan fingerprint density at radius 1 is 1.20 bits per heavy atom. The van der Waals surface area contributed by atoms with Crippen LogP contribution >= 0.6 is 11.6 Å². The van der Waals surface area contributed by atoms with E-state index in [0.717, 1.165) is 34.9 Å². The second kappa shape index (κ2) is 7.75. The minimum absolute atomic E-state index is 0.270. The van der Waals surface area contributed by atoms with Gasteiger partial charge < -0.3 is 14.8 Å². The summed E-state index contributed by atoms with van der Waals surface area (Å²) in [6.07, 6.45) is 5.68. The van der Waals surface area contributed by atoms with E-state index in [0.29, 0.717) is 13.2 Å². The lowest BCUT2D eigenvalue weighted by Crippen LogP contribution is -2.17. The third-order valence-corrected chi connectivity index (χ3v) is 4.01. The molecule has 0 saturated carbocycles. The van der Waals surface area contributed by atoms with Crippen LogP contribution in [0, 0.1) is 0 Å². The Morgan fingerprint density at radius 3 is 2.55 bits per heavy atom. The van der Waals surface area contributed by atoms with E-state index in [1.807, 2.05) is 19.2 Å². The van der Waals surface area contributed by atoms with Crippen molar-refractivity contribution in [2.45, 2.75) is 45.1 Å². The van der Waals surface area contributed by atoms with Crippen LogP contribution in [0.25, 0.3) is 0 Å². The van der Waals surface area contributed by atoms with Gasteiger partial charge in [0.15, 0.2) is 11.5 Å². The molecule has 0 bridgehead atoms. The van der Waals surface area contributed by atoms with Crippen molar-refractivity contribution in [3.8, 4) is 11.5 Å². The summed E-state index contributed by atoms with van der Waals surface area (Å²) in [5.41, 5.74) is 1.11. The third-order valence-electron chi connectivity index (χ3n) is 3.69. The first kappa shape index (κ1) is 15.5. The molecule has 0 aromatic heterocycles. The highest BCUT2D eigenvalue weighted by molar-refractivity contribution is 6.31. The van der Waals surface area contributed by atoms with E-state index < -0.39 is 0 Å². The number of hydrogen-bond donors (Lipinski definition) is 1. The molecular weight excluding hydrogens is 274 g/mol. The van der Waals surface area contributed by atoms with Crippen molar-refractivity contribution in [2.24, 2.45) is 0 Å². The summed E-state index contributed by atoms with van der Waals surface area (Å²) in [6, 6.07) is 4.20. The first-order chi connectivity index (χ1) is 9.76. The number of unbranched alkanes of at least 4 members (excludes halogenated alkanes) is 2. The summed E-state index contributed by atoms with van der Waals surface area (Å²) in [4.78, 5) is 0. The van der Waals surface area contributed by atoms with Gasteiger partial charge in [0, 0.05) is 23.6 Å². The Morgan fingerprint density at radius 2 is 1.90 bits per heavy atom. The molecule has 3 nitrogen and oxygen atoms in total. The summed E-state index contributed by atoms with van der Waals surface area (Å²) in [5, 5.41) is 4.11. The van der Waals surface area contributed by atoms with E-state index in [-0.39, 0.29) is 6.04 Å². The average molecular weight is 298 g/mol. The summed E-state index contributed by atoms with van der Waals surface area (Å²) in [5.74, 6) is 1.58. The van der Waals surface area contributed by atoms with Crippen LogP contribution in [0.4, 0.5) is 0 Å². The Labute approximate surface area is 126 Å². The van der Waals surface area contributed by atoms with Crippen LogP contribution in [-0.2, 0) is 0 Å². The maximum atomic E-state index is 6.43. The number of nitrogens with one attached hydrogen (secondary N) is 1. The topological polar surface area (TPSA) is 30.5 Å². The van der Waals surface area contributed by atoms with Crippen LogP contribution in [0.5, 0.6) is 11.5 Å². The fraction of sp³-hybridized carbons (Fsp3) is 0.625. The Balaban J connectivity index is 2.19. The fourth-order valence-electron chi connectivity index (χ4n) is 2.52. The van der Waals surface area contributed by atoms with Crippen molar-refractivity contribution < 1.29 is 9.47 Å². The first-order valence-corrected chi connectivity index (χ1v) is 7.90. The van der Waals surface area contributed by atoms with Crippen LogP contribution < -0.4 is 14.8 Å². The molecule has 1 unspecified atom stereocenters. The molecule has 0 radical (unpaired) electrons. The van der Waals surface area contributed by atoms with E-state index in [1.54, 1.807) is 0 Å². The van der Waals surface area contributed by atoms with Gasteiger partial charge in [0.1, 0.15) is 0 Å². The second-order valence-corrected chi connectivity index (χ2v) is 5.62. The Hall–Kier alpha value is -0.930. The molecule has 0 aliphatic carbocycles. The van der Waals surface area contributed by atoms with Gasteiger partial charge in [0.25, 0.3) is 0 Å². The molecule has 0 fully saturated rings. The summed E-state index contributed by atoms with van der Waals surface area (Å²) in [6.45, 7) is 3.61. The van der Waals surface area contributed by atoms with Gasteiger partial charge in [-0.2, -0.15) is 0 Å². The largest absolute Gasteiger partial charge is 0.490 e. The van der Waals surface area contributed by atoms with Gasteiger partial charge in [-0.05, 0) is 25.1 Å². The highest BCUT2D eigenvalue weighted by Crippen LogP contribution is 2.38. The van der Waals surface area contributed by atoms with Crippen molar-refractivity contribution in [3.05, 3.63) is 22.7 Å². The van der Waals surface area contributed by atoms with Gasteiger partial charge in [-0.1, -0.05) is 37.8 Å². The van der Waals surface area contributed by atoms with Crippen molar-refractivity contribution in [1.82, 2.24) is 5.32 Å². The molecule has 112 valence electrons. The molecule has 1 aliphatic rings. The zero-order chi connectivity index (χ0) is 14.4. The molecule has 4 heteroatoms. The molecule has 1 aliphatic heterocycles. The molecule has 1 heterocycles. The molecule has 1 atom stereocenters. The minimum atomic E-state index is 0.270. The normalized spacial score (nSPS) is 15.8. The van der Waals surface area contributed by atoms with Crippen LogP contribution in [0.15, 0.2) is 12.1 Å². The first-order valence-electron chi connectivity index (χ1n) is 7.52. The SMILES string of the molecule is CCCCCC(NC)c1cc2c(cc1Cl)OCCCO2. The van der Waals surface area contributed by atoms with Crippen LogP contribution in [-0.4, -0.2) is 20.3 Å². The molecule has 2 rings (SSSR count). The highest BCUT2D eigenvalue weighted by Gasteiger charge is 2.18. The molecule has 0 saturated heterocycles. The minimum Gasteiger partial charge on any atom is -0.490 e. The highest BCUT2D eigenvalue weighted by atomic mass is 35.5. The lowest BCUT2D eigenvalue weighted by molar-refractivity contribution is 0.297. The standard InChI is InChI=1S/C16H24ClNO2/c1-3-4-5-7-14(18-2)12-10-15-16(11-13(12)17)20-9-6-8-19-15/h10-11,14,18H,3-9H2,1-2H3. The van der Waals surface area contributed by atoms with Crippen LogP contribution in [0.2, 0.25) is 5.02 Å². The lowest BCUT2D eigenvalue weighted by Gasteiger charge is -2.20. The van der Waals surface area contributed by atoms with Crippen molar-refractivity contribution >= 4 is 11.6 Å². The van der Waals surface area contributed by atoms with E-state index >= 15 is 0 Å². The van der Waals surface area contributed by atoms with E-state index in [2.05, 4.69) is 12.2 Å². The Bertz CT molecular complexity index is 437. The fourth-order valence-corrected chi connectivity index (χ4v) is 2.81. The molecule has 0 amide bonds. The van der Waals surface area contributed by atoms with Gasteiger partial charge >= 0.3 is 0 Å². The predicted molar refractivity (Wildman–Crippen MR) is 83.0 cm³/mol. The number of halogens is 1. The smallest absolute Gasteiger partial charge is 0.162 e. The van der Waals surface area contributed by atoms with Crippen LogP contribution in [0.3, 0.4) is 0 Å². The molecule has 1 aromatic carbocycles. The molecule has 20 heavy (non-hydrogen) atoms. The molecule has 1 N–H and O–H groups in total. The molecular formula is C16H24ClNO2. The average Bonchev–Trinajstić information content (AvgIpc) is 2.68. The van der Waals surface area contributed by atoms with Crippen molar-refractivity contribution in [3.63, 3.8) is 0 Å². The van der Waals surface area contributed by atoms with Gasteiger partial charge in [-0.15, -0.1) is 0 Å². The van der Waals surface area contributed by atoms with E-state index in [9.17, 15) is 0 Å². The zero-order valence-electron chi connectivity index (χ0n) is 12.4. The van der Waals surface area contributed by atoms with Gasteiger partial charge in [0.2, 0.25) is 0 Å². The monoisotopic (exact) mass is 297 g/mol. The maximum absolute atomic E-state index is 6.43. The van der Waals surface area contributed by atoms with Gasteiger partial charge in [-0.3, -0.25) is 0 Å². The van der Waals surface area contributed by atoms with Crippen molar-refractivity contribution in [1.29, 1.82) is 0 Å². The predicted octanol–water partition coefficient (Wildman–Crippen LogP) is 4.34. The van der Waals surface area contributed by atoms with Gasteiger partial charge in [0.05, 0.1) is 13.2 Å². The number of hydrogen-bond acceptors (Lipinski definition) is 3. The lowest BCUT2D eigenvalue weighted by atomic mass is 10.00. The van der Waals surface area contributed by atoms with Crippen molar-refractivity contribution in [2.75, 3.05) is 20.3 Å². The molecule has 0 spiro atoms. The Kier molecular flexibility index (Phi) is 5.99. The summed E-state index contributed by atoms with van der Waals surface area (Å²) in [7, 11) is 1.98. The number of fused-ring (bicyclic) bond motifs is 1. The third kappa shape index (κ3) is 3.80. The van der Waals surface area contributed by atoms with Crippen LogP contribution in [0.1, 0.15) is 50.6 Å². The number of benzene rings is 1. The molecule has 1 aromatic rings. The number of ether oxygens (including phenoxy) is 2. The summed E-state index contributed by atoms with van der Waals surface area (Å²) < 4.78 is 11.4. The quantitative estimate of drug-likeness (QED) is 0.792. The van der Waals surface area contributed by atoms with E-state index in [1.165, 1.54) is 19.3 Å². The van der Waals surface area contributed by atoms with Gasteiger partial charge in [-0.25, -0.2) is 0 Å².